The number of nitrogens with zero attached hydrogens (tertiary/aromatic N) is 1. The smallest absolute Gasteiger partial charge is 0.244 e. The number of halogens is 1. The van der Waals surface area contributed by atoms with Gasteiger partial charge in [-0.3, -0.25) is 0 Å². The molecule has 0 aromatic heterocycles. The highest BCUT2D eigenvalue weighted by Crippen LogP contribution is 2.30. The highest BCUT2D eigenvalue weighted by Gasteiger charge is 2.34. The van der Waals surface area contributed by atoms with Crippen LogP contribution in [-0.4, -0.2) is 38.4 Å². The predicted molar refractivity (Wildman–Crippen MR) is 86.6 cm³/mol. The Hall–Kier alpha value is -0.430. The van der Waals surface area contributed by atoms with Crippen LogP contribution in [0.1, 0.15) is 25.7 Å². The van der Waals surface area contributed by atoms with Crippen LogP contribution >= 0.6 is 15.9 Å². The maximum Gasteiger partial charge on any atom is 0.244 e. The van der Waals surface area contributed by atoms with Crippen LogP contribution in [0, 0.1) is 5.92 Å². The Bertz CT molecular complexity index is 591. The van der Waals surface area contributed by atoms with E-state index in [4.69, 9.17) is 0 Å². The number of sulfonamides is 1. The molecular weight excluding hydrogens is 352 g/mol. The molecular formula is C15H21BrN2O2S. The largest absolute Gasteiger partial charge is 0.314 e. The maximum atomic E-state index is 12.7. The molecule has 0 aliphatic carbocycles. The van der Waals surface area contributed by atoms with Gasteiger partial charge in [0.05, 0.1) is 4.90 Å². The molecule has 21 heavy (non-hydrogen) atoms. The Morgan fingerprint density at radius 1 is 1.14 bits per heavy atom. The minimum absolute atomic E-state index is 0.377. The number of hydrogen-bond acceptors (Lipinski definition) is 3. The second-order valence-corrected chi connectivity index (χ2v) is 8.64. The SMILES string of the molecule is O=S(=O)(c1ccccc1Br)N1CCC(C2CCCN2)CC1. The van der Waals surface area contributed by atoms with Crippen molar-refractivity contribution in [3.05, 3.63) is 28.7 Å². The third-order valence-electron chi connectivity index (χ3n) is 4.62. The van der Waals surface area contributed by atoms with Crippen molar-refractivity contribution in [3.8, 4) is 0 Å². The second-order valence-electron chi connectivity index (χ2n) is 5.87. The summed E-state index contributed by atoms with van der Waals surface area (Å²) in [4.78, 5) is 0.377. The van der Waals surface area contributed by atoms with Crippen LogP contribution in [0.2, 0.25) is 0 Å². The Morgan fingerprint density at radius 2 is 1.86 bits per heavy atom. The van der Waals surface area contributed by atoms with Crippen molar-refractivity contribution in [2.24, 2.45) is 5.92 Å². The number of piperidine rings is 1. The molecule has 2 saturated heterocycles. The molecule has 0 saturated carbocycles. The summed E-state index contributed by atoms with van der Waals surface area (Å²) < 4.78 is 27.7. The van der Waals surface area contributed by atoms with Gasteiger partial charge in [0.2, 0.25) is 10.0 Å². The molecule has 1 atom stereocenters. The van der Waals surface area contributed by atoms with Crippen LogP contribution in [-0.2, 0) is 10.0 Å². The van der Waals surface area contributed by atoms with Crippen LogP contribution in [0.3, 0.4) is 0 Å². The number of rotatable bonds is 3. The van der Waals surface area contributed by atoms with E-state index in [1.807, 2.05) is 6.07 Å². The van der Waals surface area contributed by atoms with Gasteiger partial charge in [-0.05, 0) is 66.2 Å². The van der Waals surface area contributed by atoms with Gasteiger partial charge in [-0.2, -0.15) is 4.31 Å². The summed E-state index contributed by atoms with van der Waals surface area (Å²) in [5, 5.41) is 3.55. The summed E-state index contributed by atoms with van der Waals surface area (Å²) in [5.41, 5.74) is 0. The quantitative estimate of drug-likeness (QED) is 0.886. The molecule has 4 nitrogen and oxygen atoms in total. The summed E-state index contributed by atoms with van der Waals surface area (Å²) in [6.07, 6.45) is 4.41. The molecule has 2 aliphatic rings. The molecule has 0 amide bonds. The van der Waals surface area contributed by atoms with E-state index in [-0.39, 0.29) is 0 Å². The first kappa shape index (κ1) is 15.5. The first-order valence-electron chi connectivity index (χ1n) is 7.57. The lowest BCUT2D eigenvalue weighted by atomic mass is 9.89. The van der Waals surface area contributed by atoms with Crippen LogP contribution in [0.4, 0.5) is 0 Å². The zero-order valence-electron chi connectivity index (χ0n) is 12.0. The highest BCUT2D eigenvalue weighted by atomic mass is 79.9. The van der Waals surface area contributed by atoms with Crippen molar-refractivity contribution in [1.29, 1.82) is 0 Å². The monoisotopic (exact) mass is 372 g/mol. The van der Waals surface area contributed by atoms with E-state index in [0.717, 1.165) is 19.4 Å². The molecule has 1 N–H and O–H groups in total. The van der Waals surface area contributed by atoms with E-state index in [2.05, 4.69) is 21.2 Å². The van der Waals surface area contributed by atoms with E-state index in [1.165, 1.54) is 12.8 Å². The summed E-state index contributed by atoms with van der Waals surface area (Å²) in [6, 6.07) is 7.65. The molecule has 1 aromatic rings. The lowest BCUT2D eigenvalue weighted by Gasteiger charge is -2.34. The Balaban J connectivity index is 1.70. The standard InChI is InChI=1S/C15H21BrN2O2S/c16-13-4-1-2-6-15(13)21(19,20)18-10-7-12(8-11-18)14-5-3-9-17-14/h1-2,4,6,12,14,17H,3,5,7-11H2. The molecule has 2 aliphatic heterocycles. The summed E-state index contributed by atoms with van der Waals surface area (Å²) in [5.74, 6) is 0.623. The van der Waals surface area contributed by atoms with Gasteiger partial charge in [-0.15, -0.1) is 0 Å². The number of hydrogen-bond donors (Lipinski definition) is 1. The average Bonchev–Trinajstić information content (AvgIpc) is 3.02. The summed E-state index contributed by atoms with van der Waals surface area (Å²) >= 11 is 3.35. The Morgan fingerprint density at radius 3 is 2.48 bits per heavy atom. The van der Waals surface area contributed by atoms with Gasteiger partial charge in [0.15, 0.2) is 0 Å². The molecule has 1 aromatic carbocycles. The van der Waals surface area contributed by atoms with E-state index >= 15 is 0 Å². The molecule has 2 fully saturated rings. The summed E-state index contributed by atoms with van der Waals surface area (Å²) in [7, 11) is -3.37. The second kappa shape index (κ2) is 6.36. The first-order chi connectivity index (χ1) is 10.1. The minimum atomic E-state index is -3.37. The van der Waals surface area contributed by atoms with Crippen molar-refractivity contribution < 1.29 is 8.42 Å². The first-order valence-corrected chi connectivity index (χ1v) is 9.80. The van der Waals surface area contributed by atoms with Crippen LogP contribution < -0.4 is 5.32 Å². The van der Waals surface area contributed by atoms with Gasteiger partial charge >= 0.3 is 0 Å². The maximum absolute atomic E-state index is 12.7. The summed E-state index contributed by atoms with van der Waals surface area (Å²) in [6.45, 7) is 2.37. The molecule has 0 radical (unpaired) electrons. The molecule has 0 spiro atoms. The average molecular weight is 373 g/mol. The van der Waals surface area contributed by atoms with E-state index in [1.54, 1.807) is 22.5 Å². The molecule has 0 bridgehead atoms. The van der Waals surface area contributed by atoms with Gasteiger partial charge in [-0.1, -0.05) is 12.1 Å². The molecule has 1 unspecified atom stereocenters. The van der Waals surface area contributed by atoms with Crippen LogP contribution in [0.15, 0.2) is 33.6 Å². The number of benzene rings is 1. The molecule has 6 heteroatoms. The normalized spacial score (nSPS) is 25.3. The number of nitrogens with one attached hydrogen (secondary N) is 1. The lowest BCUT2D eigenvalue weighted by Crippen LogP contribution is -2.43. The Kier molecular flexibility index (Phi) is 4.69. The van der Waals surface area contributed by atoms with Crippen LogP contribution in [0.5, 0.6) is 0 Å². The molecule has 3 rings (SSSR count). The van der Waals surface area contributed by atoms with Crippen molar-refractivity contribution in [3.63, 3.8) is 0 Å². The fourth-order valence-electron chi connectivity index (χ4n) is 3.43. The Labute approximate surface area is 135 Å². The van der Waals surface area contributed by atoms with Gasteiger partial charge in [0.1, 0.15) is 0 Å². The third kappa shape index (κ3) is 3.18. The van der Waals surface area contributed by atoms with Crippen molar-refractivity contribution in [2.45, 2.75) is 36.6 Å². The fourth-order valence-corrected chi connectivity index (χ4v) is 5.86. The third-order valence-corrected chi connectivity index (χ3v) is 7.53. The highest BCUT2D eigenvalue weighted by molar-refractivity contribution is 9.10. The predicted octanol–water partition coefficient (Wildman–Crippen LogP) is 2.60. The minimum Gasteiger partial charge on any atom is -0.314 e. The fraction of sp³-hybridized carbons (Fsp3) is 0.600. The molecule has 2 heterocycles. The van der Waals surface area contributed by atoms with Crippen molar-refractivity contribution in [2.75, 3.05) is 19.6 Å². The van der Waals surface area contributed by atoms with Gasteiger partial charge < -0.3 is 5.32 Å². The van der Waals surface area contributed by atoms with Gasteiger partial charge in [0, 0.05) is 23.6 Å². The van der Waals surface area contributed by atoms with Gasteiger partial charge in [-0.25, -0.2) is 8.42 Å². The molecule has 116 valence electrons. The van der Waals surface area contributed by atoms with Crippen LogP contribution in [0.25, 0.3) is 0 Å². The van der Waals surface area contributed by atoms with Crippen molar-refractivity contribution in [1.82, 2.24) is 9.62 Å². The zero-order chi connectivity index (χ0) is 14.9. The zero-order valence-corrected chi connectivity index (χ0v) is 14.4. The topological polar surface area (TPSA) is 49.4 Å². The van der Waals surface area contributed by atoms with Gasteiger partial charge in [0.25, 0.3) is 0 Å². The van der Waals surface area contributed by atoms with Crippen molar-refractivity contribution >= 4 is 26.0 Å². The van der Waals surface area contributed by atoms with E-state index in [0.29, 0.717) is 34.4 Å². The van der Waals surface area contributed by atoms with E-state index in [9.17, 15) is 8.42 Å². The lowest BCUT2D eigenvalue weighted by molar-refractivity contribution is 0.234. The van der Waals surface area contributed by atoms with E-state index < -0.39 is 10.0 Å².